The molecule has 112 valence electrons. The smallest absolute Gasteiger partial charge is 0.319 e. The molecule has 2 aromatic rings. The summed E-state index contributed by atoms with van der Waals surface area (Å²) >= 11 is 1.47. The van der Waals surface area contributed by atoms with Crippen molar-refractivity contribution in [3.63, 3.8) is 0 Å². The Balaban J connectivity index is 1.90. The fourth-order valence-electron chi connectivity index (χ4n) is 1.71. The number of halogens is 1. The highest BCUT2D eigenvalue weighted by Crippen LogP contribution is 2.24. The Bertz CT molecular complexity index is 604. The highest BCUT2D eigenvalue weighted by Gasteiger charge is 2.11. The van der Waals surface area contributed by atoms with Crippen LogP contribution in [0.3, 0.4) is 0 Å². The average molecular weight is 310 g/mol. The number of hydrogen-bond donors (Lipinski definition) is 3. The summed E-state index contributed by atoms with van der Waals surface area (Å²) in [5, 5.41) is 18.6. The lowest BCUT2D eigenvalue weighted by Crippen LogP contribution is -2.32. The molecule has 7 heteroatoms. The van der Waals surface area contributed by atoms with Crippen molar-refractivity contribution in [2.75, 3.05) is 19.0 Å². The number of aliphatic hydroxyl groups is 1. The van der Waals surface area contributed by atoms with Crippen LogP contribution in [0.1, 0.15) is 11.7 Å². The second-order valence-corrected chi connectivity index (χ2v) is 5.03. The number of aliphatic hydroxyl groups excluding tert-OH is 1. The van der Waals surface area contributed by atoms with Crippen molar-refractivity contribution < 1.29 is 19.0 Å². The van der Waals surface area contributed by atoms with Gasteiger partial charge in [0.15, 0.2) is 0 Å². The lowest BCUT2D eigenvalue weighted by Gasteiger charge is -2.13. The molecule has 2 amide bonds. The molecule has 5 nitrogen and oxygen atoms in total. The van der Waals surface area contributed by atoms with Crippen LogP contribution in [0.4, 0.5) is 14.9 Å². The van der Waals surface area contributed by atoms with Crippen molar-refractivity contribution >= 4 is 23.1 Å². The van der Waals surface area contributed by atoms with E-state index in [-0.39, 0.29) is 12.3 Å². The Labute approximate surface area is 125 Å². The van der Waals surface area contributed by atoms with Crippen LogP contribution in [0.2, 0.25) is 0 Å². The van der Waals surface area contributed by atoms with Crippen LogP contribution in [0, 0.1) is 5.82 Å². The van der Waals surface area contributed by atoms with Crippen LogP contribution in [-0.2, 0) is 0 Å². The van der Waals surface area contributed by atoms with Crippen LogP contribution in [0.15, 0.2) is 35.0 Å². The van der Waals surface area contributed by atoms with Gasteiger partial charge in [-0.05, 0) is 34.5 Å². The van der Waals surface area contributed by atoms with Crippen LogP contribution in [0.5, 0.6) is 5.75 Å². The number of carbonyl (C=O) groups excluding carboxylic acids is 1. The van der Waals surface area contributed by atoms with Crippen molar-refractivity contribution in [1.82, 2.24) is 5.32 Å². The number of thiophene rings is 1. The van der Waals surface area contributed by atoms with E-state index >= 15 is 0 Å². The molecule has 0 spiro atoms. The second-order valence-electron chi connectivity index (χ2n) is 4.25. The van der Waals surface area contributed by atoms with Gasteiger partial charge in [0.05, 0.1) is 18.9 Å². The summed E-state index contributed by atoms with van der Waals surface area (Å²) in [5.41, 5.74) is 1.10. The quantitative estimate of drug-likeness (QED) is 0.795. The highest BCUT2D eigenvalue weighted by atomic mass is 32.1. The van der Waals surface area contributed by atoms with Gasteiger partial charge in [0.2, 0.25) is 0 Å². The molecular formula is C14H15FN2O3S. The number of benzene rings is 1. The molecule has 0 aliphatic rings. The second kappa shape index (κ2) is 7.05. The number of rotatable bonds is 5. The van der Waals surface area contributed by atoms with Crippen LogP contribution in [-0.4, -0.2) is 24.8 Å². The molecule has 1 aromatic heterocycles. The summed E-state index contributed by atoms with van der Waals surface area (Å²) < 4.78 is 18.0. The SMILES string of the molecule is COc1cc(F)ccc1NC(=O)NCC(O)c1ccsc1. The topological polar surface area (TPSA) is 70.6 Å². The third-order valence-electron chi connectivity index (χ3n) is 2.80. The van der Waals surface area contributed by atoms with Gasteiger partial charge in [0, 0.05) is 12.6 Å². The molecule has 1 aromatic carbocycles. The number of methoxy groups -OCH3 is 1. The summed E-state index contributed by atoms with van der Waals surface area (Å²) in [6.45, 7) is 0.0755. The molecule has 3 N–H and O–H groups in total. The number of urea groups is 1. The van der Waals surface area contributed by atoms with Crippen molar-refractivity contribution in [3.8, 4) is 5.75 Å². The van der Waals surface area contributed by atoms with Crippen molar-refractivity contribution in [3.05, 3.63) is 46.4 Å². The van der Waals surface area contributed by atoms with Crippen molar-refractivity contribution in [2.24, 2.45) is 0 Å². The average Bonchev–Trinajstić information content (AvgIpc) is 3.01. The molecule has 1 heterocycles. The van der Waals surface area contributed by atoms with E-state index in [9.17, 15) is 14.3 Å². The lowest BCUT2D eigenvalue weighted by atomic mass is 10.2. The maximum atomic E-state index is 13.0. The first-order chi connectivity index (χ1) is 10.1. The zero-order valence-corrected chi connectivity index (χ0v) is 12.1. The Morgan fingerprint density at radius 1 is 1.48 bits per heavy atom. The van der Waals surface area contributed by atoms with Gasteiger partial charge in [0.1, 0.15) is 11.6 Å². The molecule has 1 atom stereocenters. The number of carbonyl (C=O) groups is 1. The number of hydrogen-bond acceptors (Lipinski definition) is 4. The monoisotopic (exact) mass is 310 g/mol. The molecule has 0 saturated heterocycles. The fourth-order valence-corrected chi connectivity index (χ4v) is 2.41. The van der Waals surface area contributed by atoms with E-state index in [2.05, 4.69) is 10.6 Å². The molecule has 0 aliphatic carbocycles. The Morgan fingerprint density at radius 2 is 2.29 bits per heavy atom. The van der Waals surface area contributed by atoms with Gasteiger partial charge in [0.25, 0.3) is 0 Å². The molecule has 0 saturated carbocycles. The minimum atomic E-state index is -0.767. The number of anilines is 1. The molecular weight excluding hydrogens is 295 g/mol. The molecule has 0 fully saturated rings. The molecule has 2 rings (SSSR count). The summed E-state index contributed by atoms with van der Waals surface area (Å²) in [7, 11) is 1.39. The standard InChI is InChI=1S/C14H15FN2O3S/c1-20-13-6-10(15)2-3-11(13)17-14(19)16-7-12(18)9-4-5-21-8-9/h2-6,8,12,18H,7H2,1H3,(H2,16,17,19). The summed E-state index contributed by atoms with van der Waals surface area (Å²) in [5.74, 6) is -0.228. The third-order valence-corrected chi connectivity index (χ3v) is 3.50. The van der Waals surface area contributed by atoms with Gasteiger partial charge in [-0.1, -0.05) is 0 Å². The van der Waals surface area contributed by atoms with E-state index < -0.39 is 18.0 Å². The van der Waals surface area contributed by atoms with Crippen molar-refractivity contribution in [1.29, 1.82) is 0 Å². The zero-order chi connectivity index (χ0) is 15.2. The summed E-state index contributed by atoms with van der Waals surface area (Å²) in [6.07, 6.45) is -0.767. The van der Waals surface area contributed by atoms with Gasteiger partial charge in [-0.3, -0.25) is 0 Å². The number of amides is 2. The van der Waals surface area contributed by atoms with E-state index in [1.807, 2.05) is 10.8 Å². The number of nitrogens with one attached hydrogen (secondary N) is 2. The highest BCUT2D eigenvalue weighted by molar-refractivity contribution is 7.07. The van der Waals surface area contributed by atoms with Gasteiger partial charge in [-0.15, -0.1) is 0 Å². The first kappa shape index (κ1) is 15.3. The van der Waals surface area contributed by atoms with Crippen LogP contribution in [0.25, 0.3) is 0 Å². The van der Waals surface area contributed by atoms with E-state index in [0.29, 0.717) is 5.69 Å². The maximum absolute atomic E-state index is 13.0. The van der Waals surface area contributed by atoms with E-state index in [1.165, 1.54) is 36.6 Å². The minimum absolute atomic E-state index is 0.0755. The molecule has 0 bridgehead atoms. The Kier molecular flexibility index (Phi) is 5.13. The molecule has 1 unspecified atom stereocenters. The largest absolute Gasteiger partial charge is 0.494 e. The Morgan fingerprint density at radius 3 is 2.95 bits per heavy atom. The predicted octanol–water partition coefficient (Wildman–Crippen LogP) is 2.75. The molecule has 0 radical (unpaired) electrons. The molecule has 0 aliphatic heterocycles. The minimum Gasteiger partial charge on any atom is -0.494 e. The van der Waals surface area contributed by atoms with Gasteiger partial charge < -0.3 is 20.5 Å². The predicted molar refractivity (Wildman–Crippen MR) is 79.3 cm³/mol. The van der Waals surface area contributed by atoms with Crippen LogP contribution < -0.4 is 15.4 Å². The first-order valence-electron chi connectivity index (χ1n) is 6.18. The first-order valence-corrected chi connectivity index (χ1v) is 7.13. The molecule has 21 heavy (non-hydrogen) atoms. The van der Waals surface area contributed by atoms with E-state index in [1.54, 1.807) is 6.07 Å². The van der Waals surface area contributed by atoms with Crippen molar-refractivity contribution in [2.45, 2.75) is 6.10 Å². The van der Waals surface area contributed by atoms with Gasteiger partial charge in [-0.2, -0.15) is 11.3 Å². The zero-order valence-electron chi connectivity index (χ0n) is 11.3. The Hall–Kier alpha value is -2.12. The maximum Gasteiger partial charge on any atom is 0.319 e. The summed E-state index contributed by atoms with van der Waals surface area (Å²) in [4.78, 5) is 11.8. The fraction of sp³-hybridized carbons (Fsp3) is 0.214. The summed E-state index contributed by atoms with van der Waals surface area (Å²) in [6, 6.07) is 5.09. The van der Waals surface area contributed by atoms with E-state index in [4.69, 9.17) is 4.74 Å². The number of ether oxygens (including phenoxy) is 1. The lowest BCUT2D eigenvalue weighted by molar-refractivity contribution is 0.175. The normalized spacial score (nSPS) is 11.8. The van der Waals surface area contributed by atoms with E-state index in [0.717, 1.165) is 5.56 Å². The van der Waals surface area contributed by atoms with Crippen LogP contribution >= 0.6 is 11.3 Å². The van der Waals surface area contributed by atoms with Gasteiger partial charge in [-0.25, -0.2) is 9.18 Å². The third kappa shape index (κ3) is 4.17. The van der Waals surface area contributed by atoms with Gasteiger partial charge >= 0.3 is 6.03 Å².